The van der Waals surface area contributed by atoms with E-state index in [1.807, 2.05) is 30.0 Å². The molecule has 0 aliphatic heterocycles. The highest BCUT2D eigenvalue weighted by Crippen LogP contribution is 2.30. The lowest BCUT2D eigenvalue weighted by molar-refractivity contribution is -0.00408. The molecule has 0 spiro atoms. The highest BCUT2D eigenvalue weighted by Gasteiger charge is 2.24. The van der Waals surface area contributed by atoms with E-state index < -0.39 is 0 Å². The van der Waals surface area contributed by atoms with Gasteiger partial charge in [-0.1, -0.05) is 0 Å². The molecule has 1 saturated carbocycles. The third-order valence-electron chi connectivity index (χ3n) is 5.27. The number of carbonyl (C=O) groups is 1. The zero-order valence-corrected chi connectivity index (χ0v) is 16.8. The van der Waals surface area contributed by atoms with Crippen molar-refractivity contribution in [2.45, 2.75) is 37.8 Å². The summed E-state index contributed by atoms with van der Waals surface area (Å²) in [5, 5.41) is 4.26. The van der Waals surface area contributed by atoms with Gasteiger partial charge in [0.1, 0.15) is 0 Å². The second kappa shape index (κ2) is 8.86. The van der Waals surface area contributed by atoms with Gasteiger partial charge in [0, 0.05) is 30.9 Å². The minimum Gasteiger partial charge on any atom is -0.382 e. The van der Waals surface area contributed by atoms with Gasteiger partial charge < -0.3 is 19.8 Å². The third kappa shape index (κ3) is 4.27. The van der Waals surface area contributed by atoms with Gasteiger partial charge in [-0.05, 0) is 49.4 Å². The summed E-state index contributed by atoms with van der Waals surface area (Å²) in [5.74, 6) is -0.0254. The molecule has 1 aliphatic rings. The quantitative estimate of drug-likeness (QED) is 0.589. The molecule has 2 heterocycles. The minimum absolute atomic E-state index is 0.0254. The first-order valence-electron chi connectivity index (χ1n) is 9.66. The molecule has 7 heteroatoms. The van der Waals surface area contributed by atoms with Crippen molar-refractivity contribution in [3.63, 3.8) is 0 Å². The highest BCUT2D eigenvalue weighted by atomic mass is 32.1. The van der Waals surface area contributed by atoms with Crippen molar-refractivity contribution in [2.24, 2.45) is 0 Å². The Hall–Kier alpha value is -2.22. The molecule has 148 valence electrons. The Labute approximate surface area is 168 Å². The number of methoxy groups -OCH3 is 1. The van der Waals surface area contributed by atoms with E-state index in [1.54, 1.807) is 18.4 Å². The van der Waals surface area contributed by atoms with E-state index >= 15 is 0 Å². The molecule has 0 bridgehead atoms. The largest absolute Gasteiger partial charge is 0.382 e. The highest BCUT2D eigenvalue weighted by molar-refractivity contribution is 7.13. The van der Waals surface area contributed by atoms with E-state index in [4.69, 9.17) is 9.47 Å². The van der Waals surface area contributed by atoms with Gasteiger partial charge in [0.05, 0.1) is 40.8 Å². The van der Waals surface area contributed by atoms with E-state index in [9.17, 15) is 4.79 Å². The van der Waals surface area contributed by atoms with Crippen molar-refractivity contribution in [3.05, 3.63) is 41.7 Å². The van der Waals surface area contributed by atoms with Gasteiger partial charge in [-0.25, -0.2) is 0 Å². The lowest BCUT2D eigenvalue weighted by Gasteiger charge is -2.29. The maximum Gasteiger partial charge on any atom is 0.253 e. The molecule has 6 nitrogen and oxygen atoms in total. The Bertz CT molecular complexity index is 914. The number of aromatic amines is 1. The van der Waals surface area contributed by atoms with Crippen molar-refractivity contribution in [1.82, 2.24) is 15.3 Å². The van der Waals surface area contributed by atoms with E-state index in [-0.39, 0.29) is 18.1 Å². The Balaban J connectivity index is 1.44. The summed E-state index contributed by atoms with van der Waals surface area (Å²) in [7, 11) is 1.68. The predicted molar refractivity (Wildman–Crippen MR) is 111 cm³/mol. The van der Waals surface area contributed by atoms with Crippen molar-refractivity contribution >= 4 is 28.1 Å². The van der Waals surface area contributed by atoms with Gasteiger partial charge in [-0.15, -0.1) is 11.3 Å². The Morgan fingerprint density at radius 3 is 2.89 bits per heavy atom. The summed E-state index contributed by atoms with van der Waals surface area (Å²) in [6.07, 6.45) is 7.79. The fourth-order valence-corrected chi connectivity index (χ4v) is 4.40. The number of carbonyl (C=O) groups excluding carboxylic acids is 1. The van der Waals surface area contributed by atoms with Gasteiger partial charge >= 0.3 is 0 Å². The van der Waals surface area contributed by atoms with Crippen molar-refractivity contribution in [1.29, 1.82) is 0 Å². The number of fused-ring (bicyclic) bond motifs is 1. The topological polar surface area (TPSA) is 76.2 Å². The van der Waals surface area contributed by atoms with E-state index in [0.717, 1.165) is 47.0 Å². The molecule has 2 N–H and O–H groups in total. The average Bonchev–Trinajstić information content (AvgIpc) is 3.40. The van der Waals surface area contributed by atoms with E-state index in [0.29, 0.717) is 18.8 Å². The van der Waals surface area contributed by atoms with Crippen molar-refractivity contribution in [3.8, 4) is 10.4 Å². The summed E-state index contributed by atoms with van der Waals surface area (Å²) in [5.41, 5.74) is 4.39. The number of benzene rings is 1. The molecule has 1 amide bonds. The molecule has 4 rings (SSSR count). The first-order valence-corrected chi connectivity index (χ1v) is 10.5. The van der Waals surface area contributed by atoms with Gasteiger partial charge in [-0.2, -0.15) is 0 Å². The van der Waals surface area contributed by atoms with Crippen LogP contribution in [0.4, 0.5) is 0 Å². The van der Waals surface area contributed by atoms with Crippen LogP contribution in [0.5, 0.6) is 0 Å². The Morgan fingerprint density at radius 1 is 1.29 bits per heavy atom. The van der Waals surface area contributed by atoms with Crippen LogP contribution in [0.2, 0.25) is 0 Å². The maximum atomic E-state index is 13.0. The standard InChI is InChI=1S/C21H25N3O3S/c1-26-8-9-27-17-4-2-16(3-5-17)24-21(25)18-11-15(19-12-22-13-28-19)10-14-6-7-23-20(14)18/h6-7,10-13,16-17,23H,2-5,8-9H2,1H3,(H,24,25)/t16-,17-. The van der Waals surface area contributed by atoms with Crippen LogP contribution in [0.25, 0.3) is 21.3 Å². The first kappa shape index (κ1) is 19.1. The van der Waals surface area contributed by atoms with Crippen LogP contribution < -0.4 is 5.32 Å². The van der Waals surface area contributed by atoms with Crippen LogP contribution in [0.1, 0.15) is 36.0 Å². The molecule has 0 atom stereocenters. The fourth-order valence-electron chi connectivity index (χ4n) is 3.79. The van der Waals surface area contributed by atoms with Crippen LogP contribution >= 0.6 is 11.3 Å². The number of hydrogen-bond donors (Lipinski definition) is 2. The number of nitrogens with one attached hydrogen (secondary N) is 2. The zero-order valence-electron chi connectivity index (χ0n) is 15.9. The SMILES string of the molecule is COCCO[C@H]1CC[C@H](NC(=O)c2cc(-c3cncs3)cc3cc[nH]c23)CC1. The molecule has 2 aromatic heterocycles. The second-order valence-electron chi connectivity index (χ2n) is 7.14. The fraction of sp³-hybridized carbons (Fsp3) is 0.429. The number of aromatic nitrogens is 2. The zero-order chi connectivity index (χ0) is 19.3. The van der Waals surface area contributed by atoms with Crippen LogP contribution in [-0.4, -0.2) is 48.3 Å². The van der Waals surface area contributed by atoms with Gasteiger partial charge in [-0.3, -0.25) is 9.78 Å². The average molecular weight is 400 g/mol. The van der Waals surface area contributed by atoms with Gasteiger partial charge in [0.2, 0.25) is 0 Å². The Morgan fingerprint density at radius 2 is 2.14 bits per heavy atom. The molecule has 1 aromatic carbocycles. The molecule has 1 fully saturated rings. The summed E-state index contributed by atoms with van der Waals surface area (Å²) in [6, 6.07) is 6.24. The Kier molecular flexibility index (Phi) is 6.04. The number of ether oxygens (including phenoxy) is 2. The molecule has 0 unspecified atom stereocenters. The first-order chi connectivity index (χ1) is 13.7. The van der Waals surface area contributed by atoms with E-state index in [2.05, 4.69) is 21.4 Å². The number of rotatable bonds is 7. The minimum atomic E-state index is -0.0254. The summed E-state index contributed by atoms with van der Waals surface area (Å²) in [6.45, 7) is 1.26. The molecule has 0 saturated heterocycles. The van der Waals surface area contributed by atoms with Crippen LogP contribution in [0.3, 0.4) is 0 Å². The lowest BCUT2D eigenvalue weighted by Crippen LogP contribution is -2.39. The monoisotopic (exact) mass is 399 g/mol. The van der Waals surface area contributed by atoms with Crippen LogP contribution in [-0.2, 0) is 9.47 Å². The summed E-state index contributed by atoms with van der Waals surface area (Å²) in [4.78, 5) is 21.5. The number of hydrogen-bond acceptors (Lipinski definition) is 5. The lowest BCUT2D eigenvalue weighted by atomic mass is 9.92. The number of amides is 1. The predicted octanol–water partition coefficient (Wildman–Crippen LogP) is 4.00. The second-order valence-corrected chi connectivity index (χ2v) is 8.03. The molecular formula is C21H25N3O3S. The normalized spacial score (nSPS) is 19.8. The van der Waals surface area contributed by atoms with Crippen LogP contribution in [0.15, 0.2) is 36.1 Å². The number of nitrogens with zero attached hydrogens (tertiary/aromatic N) is 1. The number of thiazole rings is 1. The smallest absolute Gasteiger partial charge is 0.253 e. The molecule has 28 heavy (non-hydrogen) atoms. The number of H-pyrrole nitrogens is 1. The molecular weight excluding hydrogens is 374 g/mol. The molecule has 3 aromatic rings. The van der Waals surface area contributed by atoms with Gasteiger partial charge in [0.25, 0.3) is 5.91 Å². The van der Waals surface area contributed by atoms with Gasteiger partial charge in [0.15, 0.2) is 0 Å². The summed E-state index contributed by atoms with van der Waals surface area (Å²) >= 11 is 1.58. The summed E-state index contributed by atoms with van der Waals surface area (Å²) < 4.78 is 10.9. The van der Waals surface area contributed by atoms with E-state index in [1.165, 1.54) is 0 Å². The maximum absolute atomic E-state index is 13.0. The van der Waals surface area contributed by atoms with Crippen LogP contribution in [0, 0.1) is 0 Å². The molecule has 1 aliphatic carbocycles. The van der Waals surface area contributed by atoms with Crippen molar-refractivity contribution in [2.75, 3.05) is 20.3 Å². The molecule has 0 radical (unpaired) electrons. The third-order valence-corrected chi connectivity index (χ3v) is 6.09. The van der Waals surface area contributed by atoms with Crippen molar-refractivity contribution < 1.29 is 14.3 Å².